The fourth-order valence-electron chi connectivity index (χ4n) is 3.50. The lowest BCUT2D eigenvalue weighted by Crippen LogP contribution is -2.15. The molecular formula is C20H19BrN2O3. The predicted octanol–water partition coefficient (Wildman–Crippen LogP) is 4.72. The van der Waals surface area contributed by atoms with E-state index in [4.69, 9.17) is 4.74 Å². The topological polar surface area (TPSA) is 64.1 Å². The molecule has 0 atom stereocenters. The number of benzene rings is 1. The molecule has 0 bridgehead atoms. The van der Waals surface area contributed by atoms with Crippen molar-refractivity contribution in [2.24, 2.45) is 0 Å². The number of nitrogens with zero attached hydrogens (tertiary/aromatic N) is 1. The number of H-pyrrole nitrogens is 1. The summed E-state index contributed by atoms with van der Waals surface area (Å²) in [5.74, 6) is -0.668. The summed E-state index contributed by atoms with van der Waals surface area (Å²) < 4.78 is 8.39. The Balaban J connectivity index is 1.50. The summed E-state index contributed by atoms with van der Waals surface area (Å²) in [6, 6.07) is 8.05. The molecule has 1 N–H and O–H groups in total. The minimum atomic E-state index is -0.501. The van der Waals surface area contributed by atoms with Crippen LogP contribution < -0.4 is 0 Å². The van der Waals surface area contributed by atoms with Crippen molar-refractivity contribution in [3.63, 3.8) is 0 Å². The summed E-state index contributed by atoms with van der Waals surface area (Å²) in [5.41, 5.74) is 3.96. The van der Waals surface area contributed by atoms with Gasteiger partial charge in [0.25, 0.3) is 0 Å². The van der Waals surface area contributed by atoms with Crippen LogP contribution in [0.3, 0.4) is 0 Å². The lowest BCUT2D eigenvalue weighted by atomic mass is 10.1. The molecule has 0 amide bonds. The Morgan fingerprint density at radius 1 is 1.23 bits per heavy atom. The predicted molar refractivity (Wildman–Crippen MR) is 103 cm³/mol. The molecule has 2 aromatic heterocycles. The van der Waals surface area contributed by atoms with E-state index in [1.54, 1.807) is 6.20 Å². The summed E-state index contributed by atoms with van der Waals surface area (Å²) in [6.45, 7) is 3.71. The number of hydrogen-bond acceptors (Lipinski definition) is 3. The van der Waals surface area contributed by atoms with E-state index in [9.17, 15) is 9.59 Å². The molecule has 0 radical (unpaired) electrons. The van der Waals surface area contributed by atoms with E-state index in [1.807, 2.05) is 38.1 Å². The number of ether oxygens (including phenoxy) is 1. The van der Waals surface area contributed by atoms with Crippen LogP contribution in [-0.4, -0.2) is 27.9 Å². The van der Waals surface area contributed by atoms with Crippen LogP contribution in [0.4, 0.5) is 0 Å². The first-order valence-corrected chi connectivity index (χ1v) is 9.40. The number of halogens is 1. The zero-order valence-electron chi connectivity index (χ0n) is 14.6. The van der Waals surface area contributed by atoms with Gasteiger partial charge < -0.3 is 14.3 Å². The molecule has 5 nitrogen and oxygen atoms in total. The van der Waals surface area contributed by atoms with E-state index in [1.165, 1.54) is 0 Å². The Kier molecular flexibility index (Phi) is 4.23. The fourth-order valence-corrected chi connectivity index (χ4v) is 3.86. The van der Waals surface area contributed by atoms with Gasteiger partial charge in [-0.3, -0.25) is 4.79 Å². The smallest absolute Gasteiger partial charge is 0.340 e. The van der Waals surface area contributed by atoms with Gasteiger partial charge in [0.05, 0.1) is 5.56 Å². The lowest BCUT2D eigenvalue weighted by molar-refractivity contribution is 0.0476. The van der Waals surface area contributed by atoms with Crippen LogP contribution in [-0.2, 0) is 4.74 Å². The SMILES string of the molecule is Cc1cc(C(=O)COC(=O)c2c[nH]c3ccc(Br)cc23)c(C)n1C1CC1. The Hall–Kier alpha value is -2.34. The highest BCUT2D eigenvalue weighted by Crippen LogP contribution is 2.38. The van der Waals surface area contributed by atoms with Gasteiger partial charge in [-0.15, -0.1) is 0 Å². The second kappa shape index (κ2) is 6.43. The number of rotatable bonds is 5. The normalized spacial score (nSPS) is 14.0. The molecule has 0 saturated heterocycles. The van der Waals surface area contributed by atoms with Crippen LogP contribution in [0.15, 0.2) is 34.9 Å². The Bertz CT molecular complexity index is 1030. The molecule has 0 aliphatic heterocycles. The molecule has 1 fully saturated rings. The van der Waals surface area contributed by atoms with Crippen LogP contribution in [0.2, 0.25) is 0 Å². The number of aromatic nitrogens is 2. The number of ketones is 1. The molecule has 4 rings (SSSR count). The van der Waals surface area contributed by atoms with Crippen molar-refractivity contribution in [1.29, 1.82) is 0 Å². The Morgan fingerprint density at radius 3 is 2.73 bits per heavy atom. The monoisotopic (exact) mass is 414 g/mol. The molecule has 0 spiro atoms. The van der Waals surface area contributed by atoms with Gasteiger partial charge in [-0.2, -0.15) is 0 Å². The highest BCUT2D eigenvalue weighted by molar-refractivity contribution is 9.10. The van der Waals surface area contributed by atoms with Crippen LogP contribution in [0.1, 0.15) is 51.0 Å². The molecule has 1 aromatic carbocycles. The zero-order chi connectivity index (χ0) is 18.4. The molecule has 134 valence electrons. The average Bonchev–Trinajstić information content (AvgIpc) is 3.28. The molecule has 3 aromatic rings. The summed E-state index contributed by atoms with van der Waals surface area (Å²) in [6.07, 6.45) is 3.94. The number of carbonyl (C=O) groups is 2. The Morgan fingerprint density at radius 2 is 2.00 bits per heavy atom. The Labute approximate surface area is 159 Å². The van der Waals surface area contributed by atoms with Crippen molar-refractivity contribution >= 4 is 38.6 Å². The van der Waals surface area contributed by atoms with Crippen molar-refractivity contribution in [2.45, 2.75) is 32.7 Å². The summed E-state index contributed by atoms with van der Waals surface area (Å²) in [4.78, 5) is 28.0. The highest BCUT2D eigenvalue weighted by Gasteiger charge is 2.28. The molecule has 6 heteroatoms. The number of nitrogens with one attached hydrogen (secondary N) is 1. The van der Waals surface area contributed by atoms with Gasteiger partial charge in [0, 0.05) is 44.6 Å². The van der Waals surface area contributed by atoms with E-state index in [0.717, 1.165) is 39.6 Å². The number of Topliss-reactive ketones (excluding diaryl/α,β-unsaturated/α-hetero) is 1. The maximum absolute atomic E-state index is 12.6. The molecular weight excluding hydrogens is 396 g/mol. The van der Waals surface area contributed by atoms with Crippen LogP contribution in [0, 0.1) is 13.8 Å². The van der Waals surface area contributed by atoms with Gasteiger partial charge in [-0.05, 0) is 51.0 Å². The van der Waals surface area contributed by atoms with Gasteiger partial charge in [0.2, 0.25) is 5.78 Å². The molecule has 1 aliphatic rings. The highest BCUT2D eigenvalue weighted by atomic mass is 79.9. The molecule has 2 heterocycles. The van der Waals surface area contributed by atoms with E-state index in [-0.39, 0.29) is 12.4 Å². The van der Waals surface area contributed by atoms with Gasteiger partial charge in [0.15, 0.2) is 6.61 Å². The maximum atomic E-state index is 12.6. The number of fused-ring (bicyclic) bond motifs is 1. The third kappa shape index (κ3) is 2.98. The van der Waals surface area contributed by atoms with E-state index in [0.29, 0.717) is 17.2 Å². The van der Waals surface area contributed by atoms with E-state index < -0.39 is 5.97 Å². The van der Waals surface area contributed by atoms with Crippen LogP contribution in [0.25, 0.3) is 10.9 Å². The standard InChI is InChI=1S/C20H19BrN2O3/c1-11-7-15(12(2)23(11)14-4-5-14)19(24)10-26-20(25)17-9-22-18-6-3-13(21)8-16(17)18/h3,6-9,14,22H,4-5,10H2,1-2H3. The average molecular weight is 415 g/mol. The first-order valence-electron chi connectivity index (χ1n) is 8.61. The van der Waals surface area contributed by atoms with Gasteiger partial charge in [0.1, 0.15) is 0 Å². The largest absolute Gasteiger partial charge is 0.454 e. The van der Waals surface area contributed by atoms with Crippen molar-refractivity contribution in [3.05, 3.63) is 57.4 Å². The van der Waals surface area contributed by atoms with Gasteiger partial charge in [-0.1, -0.05) is 15.9 Å². The molecule has 26 heavy (non-hydrogen) atoms. The second-order valence-corrected chi connectivity index (χ2v) is 7.69. The number of hydrogen-bond donors (Lipinski definition) is 1. The minimum Gasteiger partial charge on any atom is -0.454 e. The lowest BCUT2D eigenvalue weighted by Gasteiger charge is -2.08. The summed E-state index contributed by atoms with van der Waals surface area (Å²) in [5, 5.41) is 0.767. The van der Waals surface area contributed by atoms with Gasteiger partial charge in [-0.25, -0.2) is 4.79 Å². The second-order valence-electron chi connectivity index (χ2n) is 6.78. The number of esters is 1. The molecule has 1 saturated carbocycles. The third-order valence-electron chi connectivity index (χ3n) is 4.89. The molecule has 0 unspecified atom stereocenters. The van der Waals surface area contributed by atoms with Gasteiger partial charge >= 0.3 is 5.97 Å². The zero-order valence-corrected chi connectivity index (χ0v) is 16.2. The third-order valence-corrected chi connectivity index (χ3v) is 5.39. The first-order chi connectivity index (χ1) is 12.5. The fraction of sp³-hybridized carbons (Fsp3) is 0.300. The summed E-state index contributed by atoms with van der Waals surface area (Å²) in [7, 11) is 0. The van der Waals surface area contributed by atoms with Crippen molar-refractivity contribution < 1.29 is 14.3 Å². The van der Waals surface area contributed by atoms with Crippen molar-refractivity contribution in [1.82, 2.24) is 9.55 Å². The van der Waals surface area contributed by atoms with Crippen molar-refractivity contribution in [3.8, 4) is 0 Å². The molecule has 1 aliphatic carbocycles. The van der Waals surface area contributed by atoms with E-state index in [2.05, 4.69) is 25.5 Å². The minimum absolute atomic E-state index is 0.167. The first kappa shape index (κ1) is 17.1. The maximum Gasteiger partial charge on any atom is 0.340 e. The van der Waals surface area contributed by atoms with E-state index >= 15 is 0 Å². The van der Waals surface area contributed by atoms with Crippen molar-refractivity contribution in [2.75, 3.05) is 6.61 Å². The van der Waals surface area contributed by atoms with Crippen LogP contribution >= 0.6 is 15.9 Å². The number of aromatic amines is 1. The quantitative estimate of drug-likeness (QED) is 0.484. The summed E-state index contributed by atoms with van der Waals surface area (Å²) >= 11 is 3.40. The van der Waals surface area contributed by atoms with Crippen LogP contribution in [0.5, 0.6) is 0 Å². The number of aryl methyl sites for hydroxylation is 1. The number of carbonyl (C=O) groups excluding carboxylic acids is 2.